The number of hydrogen-bond donors (Lipinski definition) is 0. The number of amides is 2. The number of aromatic nitrogens is 1. The summed E-state index contributed by atoms with van der Waals surface area (Å²) in [6.07, 6.45) is 9.92. The van der Waals surface area contributed by atoms with Gasteiger partial charge in [-0.25, -0.2) is 0 Å². The summed E-state index contributed by atoms with van der Waals surface area (Å²) in [6.45, 7) is 7.14. The van der Waals surface area contributed by atoms with Gasteiger partial charge in [0.2, 0.25) is 11.8 Å². The molecule has 152 valence electrons. The molecule has 0 N–H and O–H groups in total. The molecule has 0 aromatic carbocycles. The van der Waals surface area contributed by atoms with Crippen LogP contribution in [0.2, 0.25) is 0 Å². The molecule has 1 heterocycles. The van der Waals surface area contributed by atoms with E-state index in [1.165, 1.54) is 6.42 Å². The van der Waals surface area contributed by atoms with Crippen molar-refractivity contribution >= 4 is 11.8 Å². The van der Waals surface area contributed by atoms with Crippen LogP contribution in [0, 0.1) is 0 Å². The van der Waals surface area contributed by atoms with Crippen LogP contribution in [0.15, 0.2) is 18.3 Å². The first-order chi connectivity index (χ1) is 13.0. The average Bonchev–Trinajstić information content (AvgIpc) is 3.42. The Kier molecular flexibility index (Phi) is 8.39. The Hall–Kier alpha value is -1.78. The molecule has 1 atom stereocenters. The second-order valence-corrected chi connectivity index (χ2v) is 7.95. The Morgan fingerprint density at radius 2 is 1.93 bits per heavy atom. The zero-order chi connectivity index (χ0) is 19.8. The van der Waals surface area contributed by atoms with Crippen LogP contribution in [0.4, 0.5) is 0 Å². The molecule has 1 fully saturated rings. The molecular weight excluding hydrogens is 338 g/mol. The maximum atomic E-state index is 13.1. The molecule has 2 amide bonds. The Bertz CT molecular complexity index is 606. The third-order valence-electron chi connectivity index (χ3n) is 5.68. The van der Waals surface area contributed by atoms with E-state index in [0.29, 0.717) is 19.0 Å². The summed E-state index contributed by atoms with van der Waals surface area (Å²) in [5.41, 5.74) is 1.14. The zero-order valence-electron chi connectivity index (χ0n) is 17.6. The summed E-state index contributed by atoms with van der Waals surface area (Å²) in [4.78, 5) is 29.7. The second kappa shape index (κ2) is 10.5. The van der Waals surface area contributed by atoms with Crippen LogP contribution in [0.3, 0.4) is 0 Å². The SMILES string of the molecule is CCCCCCC(=O)N(CC(=O)N(Cc1cccn1C)C1CC1)C(C)CC. The molecule has 0 spiro atoms. The fourth-order valence-electron chi connectivity index (χ4n) is 3.44. The molecule has 0 saturated heterocycles. The lowest BCUT2D eigenvalue weighted by Gasteiger charge is -2.31. The van der Waals surface area contributed by atoms with Crippen molar-refractivity contribution in [2.75, 3.05) is 6.54 Å². The van der Waals surface area contributed by atoms with Gasteiger partial charge in [-0.3, -0.25) is 9.59 Å². The molecule has 0 radical (unpaired) electrons. The number of hydrogen-bond acceptors (Lipinski definition) is 2. The number of aryl methyl sites for hydroxylation is 1. The molecule has 1 aromatic heterocycles. The zero-order valence-corrected chi connectivity index (χ0v) is 17.6. The van der Waals surface area contributed by atoms with Crippen LogP contribution in [0.5, 0.6) is 0 Å². The Morgan fingerprint density at radius 3 is 2.48 bits per heavy atom. The van der Waals surface area contributed by atoms with Gasteiger partial charge in [-0.05, 0) is 44.7 Å². The summed E-state index contributed by atoms with van der Waals surface area (Å²) >= 11 is 0. The highest BCUT2D eigenvalue weighted by Crippen LogP contribution is 2.29. The maximum Gasteiger partial charge on any atom is 0.242 e. The lowest BCUT2D eigenvalue weighted by Crippen LogP contribution is -2.47. The van der Waals surface area contributed by atoms with Gasteiger partial charge in [0.1, 0.15) is 6.54 Å². The van der Waals surface area contributed by atoms with Crippen LogP contribution in [-0.4, -0.2) is 44.8 Å². The number of unbranched alkanes of at least 4 members (excludes halogenated alkanes) is 3. The number of carbonyl (C=O) groups excluding carboxylic acids is 2. The Labute approximate surface area is 164 Å². The van der Waals surface area contributed by atoms with E-state index in [0.717, 1.165) is 44.2 Å². The highest BCUT2D eigenvalue weighted by atomic mass is 16.2. The van der Waals surface area contributed by atoms with Gasteiger partial charge in [-0.15, -0.1) is 0 Å². The number of carbonyl (C=O) groups is 2. The predicted molar refractivity (Wildman–Crippen MR) is 109 cm³/mol. The first-order valence-electron chi connectivity index (χ1n) is 10.7. The number of nitrogens with zero attached hydrogens (tertiary/aromatic N) is 3. The van der Waals surface area contributed by atoms with Gasteiger partial charge in [-0.2, -0.15) is 0 Å². The monoisotopic (exact) mass is 375 g/mol. The van der Waals surface area contributed by atoms with Crippen LogP contribution in [-0.2, 0) is 23.2 Å². The molecule has 5 heteroatoms. The summed E-state index contributed by atoms with van der Waals surface area (Å²) in [6, 6.07) is 4.51. The molecule has 1 aliphatic rings. The molecule has 1 aliphatic carbocycles. The molecule has 1 unspecified atom stereocenters. The van der Waals surface area contributed by atoms with Crippen molar-refractivity contribution in [3.63, 3.8) is 0 Å². The Morgan fingerprint density at radius 1 is 1.19 bits per heavy atom. The lowest BCUT2D eigenvalue weighted by atomic mass is 10.1. The summed E-state index contributed by atoms with van der Waals surface area (Å²) < 4.78 is 2.06. The van der Waals surface area contributed by atoms with Crippen molar-refractivity contribution < 1.29 is 9.59 Å². The van der Waals surface area contributed by atoms with Gasteiger partial charge >= 0.3 is 0 Å². The lowest BCUT2D eigenvalue weighted by molar-refractivity contribution is -0.143. The minimum Gasteiger partial charge on any atom is -0.353 e. The van der Waals surface area contributed by atoms with Gasteiger partial charge in [0.05, 0.1) is 6.54 Å². The van der Waals surface area contributed by atoms with Crippen molar-refractivity contribution in [2.24, 2.45) is 7.05 Å². The molecule has 0 aliphatic heterocycles. The normalized spacial score (nSPS) is 14.8. The third-order valence-corrected chi connectivity index (χ3v) is 5.68. The topological polar surface area (TPSA) is 45.6 Å². The third kappa shape index (κ3) is 6.40. The quantitative estimate of drug-likeness (QED) is 0.516. The fourth-order valence-corrected chi connectivity index (χ4v) is 3.44. The van der Waals surface area contributed by atoms with Gasteiger partial charge < -0.3 is 14.4 Å². The average molecular weight is 376 g/mol. The molecule has 2 rings (SSSR count). The van der Waals surface area contributed by atoms with E-state index in [1.54, 1.807) is 0 Å². The summed E-state index contributed by atoms with van der Waals surface area (Å²) in [5.74, 6) is 0.212. The van der Waals surface area contributed by atoms with Crippen molar-refractivity contribution in [3.05, 3.63) is 24.0 Å². The van der Waals surface area contributed by atoms with Gasteiger partial charge in [-0.1, -0.05) is 33.1 Å². The van der Waals surface area contributed by atoms with Gasteiger partial charge in [0.25, 0.3) is 0 Å². The first-order valence-corrected chi connectivity index (χ1v) is 10.7. The molecular formula is C22H37N3O2. The van der Waals surface area contributed by atoms with Gasteiger partial charge in [0, 0.05) is 37.4 Å². The van der Waals surface area contributed by atoms with Crippen LogP contribution in [0.25, 0.3) is 0 Å². The van der Waals surface area contributed by atoms with E-state index in [-0.39, 0.29) is 24.4 Å². The van der Waals surface area contributed by atoms with Crippen molar-refractivity contribution in [1.82, 2.24) is 14.4 Å². The van der Waals surface area contributed by atoms with E-state index in [1.807, 2.05) is 29.1 Å². The molecule has 27 heavy (non-hydrogen) atoms. The summed E-state index contributed by atoms with van der Waals surface area (Å²) in [5, 5.41) is 0. The minimum atomic E-state index is 0.0842. The smallest absolute Gasteiger partial charge is 0.242 e. The largest absolute Gasteiger partial charge is 0.353 e. The van der Waals surface area contributed by atoms with E-state index < -0.39 is 0 Å². The van der Waals surface area contributed by atoms with E-state index in [4.69, 9.17) is 0 Å². The standard InChI is InChI=1S/C22H37N3O2/c1-5-7-8-9-12-21(26)24(18(3)6-2)17-22(27)25(19-13-14-19)16-20-11-10-15-23(20)4/h10-11,15,18-19H,5-9,12-14,16-17H2,1-4H3. The van der Waals surface area contributed by atoms with E-state index >= 15 is 0 Å². The fraction of sp³-hybridized carbons (Fsp3) is 0.727. The highest BCUT2D eigenvalue weighted by molar-refractivity contribution is 5.85. The van der Waals surface area contributed by atoms with E-state index in [9.17, 15) is 9.59 Å². The molecule has 0 bridgehead atoms. The minimum absolute atomic E-state index is 0.0842. The molecule has 1 aromatic rings. The summed E-state index contributed by atoms with van der Waals surface area (Å²) in [7, 11) is 2.01. The highest BCUT2D eigenvalue weighted by Gasteiger charge is 2.34. The van der Waals surface area contributed by atoms with Crippen molar-refractivity contribution in [3.8, 4) is 0 Å². The van der Waals surface area contributed by atoms with Gasteiger partial charge in [0.15, 0.2) is 0 Å². The number of rotatable bonds is 12. The van der Waals surface area contributed by atoms with Crippen LogP contribution >= 0.6 is 0 Å². The Balaban J connectivity index is 1.99. The first kappa shape index (κ1) is 21.5. The molecule has 1 saturated carbocycles. The maximum absolute atomic E-state index is 13.1. The van der Waals surface area contributed by atoms with Crippen LogP contribution < -0.4 is 0 Å². The van der Waals surface area contributed by atoms with Crippen molar-refractivity contribution in [1.29, 1.82) is 0 Å². The predicted octanol–water partition coefficient (Wildman–Crippen LogP) is 4.11. The van der Waals surface area contributed by atoms with E-state index in [2.05, 4.69) is 31.4 Å². The van der Waals surface area contributed by atoms with Crippen LogP contribution in [0.1, 0.15) is 77.8 Å². The molecule has 5 nitrogen and oxygen atoms in total. The second-order valence-electron chi connectivity index (χ2n) is 7.95. The van der Waals surface area contributed by atoms with Crippen molar-refractivity contribution in [2.45, 2.75) is 90.8 Å².